The second-order valence-corrected chi connectivity index (χ2v) is 7.40. The average molecular weight is 433 g/mol. The summed E-state index contributed by atoms with van der Waals surface area (Å²) in [7, 11) is 2.93. The highest BCUT2D eigenvalue weighted by Gasteiger charge is 2.23. The van der Waals surface area contributed by atoms with Crippen LogP contribution in [0.15, 0.2) is 54.7 Å². The number of nitrogens with one attached hydrogen (secondary N) is 1. The SMILES string of the molecule is COC(=O)/C=C/c1ccc(N2CC=C(c3c[nH]c4ccc(OC)cc34)CC2)c([N+](=O)[O-])c1. The number of benzene rings is 2. The molecule has 0 amide bonds. The Morgan fingerprint density at radius 3 is 2.75 bits per heavy atom. The Morgan fingerprint density at radius 2 is 2.06 bits per heavy atom. The van der Waals surface area contributed by atoms with Crippen molar-refractivity contribution >= 4 is 39.9 Å². The first-order chi connectivity index (χ1) is 15.5. The zero-order valence-electron chi connectivity index (χ0n) is 17.8. The van der Waals surface area contributed by atoms with Crippen molar-refractivity contribution in [3.05, 3.63) is 76.0 Å². The average Bonchev–Trinajstić information content (AvgIpc) is 3.25. The lowest BCUT2D eigenvalue weighted by Crippen LogP contribution is -2.28. The van der Waals surface area contributed by atoms with E-state index in [2.05, 4.69) is 15.8 Å². The van der Waals surface area contributed by atoms with Crippen LogP contribution in [-0.2, 0) is 9.53 Å². The fourth-order valence-corrected chi connectivity index (χ4v) is 3.92. The Kier molecular flexibility index (Phi) is 5.93. The van der Waals surface area contributed by atoms with Gasteiger partial charge in [0.1, 0.15) is 11.4 Å². The Balaban J connectivity index is 1.59. The summed E-state index contributed by atoms with van der Waals surface area (Å²) in [5.41, 5.74) is 4.48. The summed E-state index contributed by atoms with van der Waals surface area (Å²) in [6.07, 6.45) is 7.61. The van der Waals surface area contributed by atoms with E-state index in [-0.39, 0.29) is 5.69 Å². The molecule has 0 bridgehead atoms. The van der Waals surface area contributed by atoms with E-state index in [1.165, 1.54) is 30.9 Å². The quantitative estimate of drug-likeness (QED) is 0.265. The summed E-state index contributed by atoms with van der Waals surface area (Å²) in [5, 5.41) is 12.8. The maximum Gasteiger partial charge on any atom is 0.330 e. The van der Waals surface area contributed by atoms with Crippen LogP contribution in [0.2, 0.25) is 0 Å². The normalized spacial score (nSPS) is 13.9. The molecule has 0 spiro atoms. The number of carbonyl (C=O) groups is 1. The highest BCUT2D eigenvalue weighted by atomic mass is 16.6. The first kappa shape index (κ1) is 21.2. The number of hydrogen-bond donors (Lipinski definition) is 1. The molecule has 0 aliphatic carbocycles. The fourth-order valence-electron chi connectivity index (χ4n) is 3.92. The van der Waals surface area contributed by atoms with Crippen molar-refractivity contribution in [2.45, 2.75) is 6.42 Å². The van der Waals surface area contributed by atoms with Gasteiger partial charge in [0, 0.05) is 47.9 Å². The van der Waals surface area contributed by atoms with Gasteiger partial charge in [-0.15, -0.1) is 0 Å². The lowest BCUT2D eigenvalue weighted by molar-refractivity contribution is -0.384. The van der Waals surface area contributed by atoms with Gasteiger partial charge in [0.05, 0.1) is 19.1 Å². The maximum absolute atomic E-state index is 11.7. The van der Waals surface area contributed by atoms with Crippen LogP contribution < -0.4 is 9.64 Å². The molecule has 1 N–H and O–H groups in total. The summed E-state index contributed by atoms with van der Waals surface area (Å²) < 4.78 is 9.92. The minimum atomic E-state index is -0.514. The molecule has 4 rings (SSSR count). The molecule has 164 valence electrons. The molecule has 0 unspecified atom stereocenters. The molecular weight excluding hydrogens is 410 g/mol. The number of methoxy groups -OCH3 is 2. The van der Waals surface area contributed by atoms with E-state index in [1.54, 1.807) is 19.2 Å². The number of aromatic amines is 1. The molecule has 0 fully saturated rings. The van der Waals surface area contributed by atoms with Crippen LogP contribution in [0, 0.1) is 10.1 Å². The number of rotatable bonds is 6. The van der Waals surface area contributed by atoms with Crippen LogP contribution in [0.3, 0.4) is 0 Å². The van der Waals surface area contributed by atoms with Gasteiger partial charge in [-0.1, -0.05) is 12.1 Å². The van der Waals surface area contributed by atoms with Crippen LogP contribution in [0.4, 0.5) is 11.4 Å². The summed E-state index contributed by atoms with van der Waals surface area (Å²) in [6, 6.07) is 10.9. The zero-order chi connectivity index (χ0) is 22.7. The molecule has 8 heteroatoms. The number of nitrogens with zero attached hydrogens (tertiary/aromatic N) is 2. The van der Waals surface area contributed by atoms with Gasteiger partial charge in [0.2, 0.25) is 0 Å². The number of carbonyl (C=O) groups excluding carboxylic acids is 1. The first-order valence-electron chi connectivity index (χ1n) is 10.1. The third-order valence-corrected chi connectivity index (χ3v) is 5.59. The largest absolute Gasteiger partial charge is 0.497 e. The van der Waals surface area contributed by atoms with E-state index in [0.717, 1.165) is 28.6 Å². The number of aromatic nitrogens is 1. The number of fused-ring (bicyclic) bond motifs is 1. The second kappa shape index (κ2) is 8.97. The van der Waals surface area contributed by atoms with Crippen LogP contribution in [0.25, 0.3) is 22.6 Å². The molecule has 3 aromatic rings. The topological polar surface area (TPSA) is 97.7 Å². The van der Waals surface area contributed by atoms with Gasteiger partial charge in [0.15, 0.2) is 0 Å². The number of nitro benzene ring substituents is 1. The smallest absolute Gasteiger partial charge is 0.330 e. The molecular formula is C24H23N3O5. The number of ether oxygens (including phenoxy) is 2. The third kappa shape index (κ3) is 4.20. The van der Waals surface area contributed by atoms with Crippen molar-refractivity contribution in [2.75, 3.05) is 32.2 Å². The first-order valence-corrected chi connectivity index (χ1v) is 10.1. The number of H-pyrrole nitrogens is 1. The van der Waals surface area contributed by atoms with Gasteiger partial charge in [-0.25, -0.2) is 4.79 Å². The predicted octanol–water partition coefficient (Wildman–Crippen LogP) is 4.56. The number of esters is 1. The highest BCUT2D eigenvalue weighted by Crippen LogP contribution is 2.35. The van der Waals surface area contributed by atoms with E-state index < -0.39 is 10.9 Å². The van der Waals surface area contributed by atoms with Crippen LogP contribution in [-0.4, -0.2) is 43.2 Å². The molecule has 2 aromatic carbocycles. The molecule has 1 aliphatic rings. The lowest BCUT2D eigenvalue weighted by atomic mass is 9.98. The Labute approximate surface area is 184 Å². The molecule has 0 saturated carbocycles. The molecule has 0 radical (unpaired) electrons. The highest BCUT2D eigenvalue weighted by molar-refractivity contribution is 5.94. The number of anilines is 1. The van der Waals surface area contributed by atoms with E-state index in [1.807, 2.05) is 29.3 Å². The van der Waals surface area contributed by atoms with E-state index in [0.29, 0.717) is 24.3 Å². The van der Waals surface area contributed by atoms with Gasteiger partial charge in [0.25, 0.3) is 5.69 Å². The monoisotopic (exact) mass is 433 g/mol. The van der Waals surface area contributed by atoms with Crippen LogP contribution in [0.1, 0.15) is 17.5 Å². The van der Waals surface area contributed by atoms with E-state index in [9.17, 15) is 14.9 Å². The molecule has 32 heavy (non-hydrogen) atoms. The Hall–Kier alpha value is -4.07. The van der Waals surface area contributed by atoms with Gasteiger partial charge in [-0.2, -0.15) is 0 Å². The van der Waals surface area contributed by atoms with Crippen LogP contribution >= 0.6 is 0 Å². The predicted molar refractivity (Wildman–Crippen MR) is 124 cm³/mol. The van der Waals surface area contributed by atoms with E-state index in [4.69, 9.17) is 4.74 Å². The van der Waals surface area contributed by atoms with Gasteiger partial charge >= 0.3 is 5.97 Å². The molecule has 1 aliphatic heterocycles. The third-order valence-electron chi connectivity index (χ3n) is 5.59. The van der Waals surface area contributed by atoms with Crippen molar-refractivity contribution in [3.63, 3.8) is 0 Å². The fraction of sp³-hybridized carbons (Fsp3) is 0.208. The molecule has 1 aromatic heterocycles. The summed E-state index contributed by atoms with van der Waals surface area (Å²) in [6.45, 7) is 1.21. The van der Waals surface area contributed by atoms with Crippen molar-refractivity contribution in [1.29, 1.82) is 0 Å². The van der Waals surface area contributed by atoms with Crippen molar-refractivity contribution in [1.82, 2.24) is 4.98 Å². The van der Waals surface area contributed by atoms with Crippen molar-refractivity contribution < 1.29 is 19.2 Å². The molecule has 0 saturated heterocycles. The lowest BCUT2D eigenvalue weighted by Gasteiger charge is -2.28. The minimum absolute atomic E-state index is 0.00527. The van der Waals surface area contributed by atoms with E-state index >= 15 is 0 Å². The Bertz CT molecular complexity index is 1240. The van der Waals surface area contributed by atoms with Crippen molar-refractivity contribution in [2.24, 2.45) is 0 Å². The van der Waals surface area contributed by atoms with Gasteiger partial charge < -0.3 is 19.4 Å². The summed E-state index contributed by atoms with van der Waals surface area (Å²) in [4.78, 5) is 27.9. The van der Waals surface area contributed by atoms with Crippen molar-refractivity contribution in [3.8, 4) is 5.75 Å². The Morgan fingerprint density at radius 1 is 1.22 bits per heavy atom. The number of nitro groups is 1. The standard InChI is InChI=1S/C24H23N3O5/c1-31-18-5-6-21-19(14-18)20(15-25-21)17-9-11-26(12-10-17)22-7-3-16(4-8-24(28)32-2)13-23(22)27(29)30/h3-9,13-15,25H,10-12H2,1-2H3/b8-4+. The summed E-state index contributed by atoms with van der Waals surface area (Å²) >= 11 is 0. The molecule has 8 nitrogen and oxygen atoms in total. The zero-order valence-corrected chi connectivity index (χ0v) is 17.8. The molecule has 2 heterocycles. The molecule has 0 atom stereocenters. The van der Waals surface area contributed by atoms with Crippen LogP contribution in [0.5, 0.6) is 5.75 Å². The second-order valence-electron chi connectivity index (χ2n) is 7.40. The maximum atomic E-state index is 11.7. The van der Waals surface area contributed by atoms with Gasteiger partial charge in [-0.3, -0.25) is 10.1 Å². The summed E-state index contributed by atoms with van der Waals surface area (Å²) in [5.74, 6) is 0.286. The van der Waals surface area contributed by atoms with Gasteiger partial charge in [-0.05, 0) is 47.9 Å². The number of hydrogen-bond acceptors (Lipinski definition) is 6. The minimum Gasteiger partial charge on any atom is -0.497 e.